The molecule has 0 saturated carbocycles. The Morgan fingerprint density at radius 3 is 1.81 bits per heavy atom. The first kappa shape index (κ1) is 29.3. The van der Waals surface area contributed by atoms with Crippen molar-refractivity contribution in [2.24, 2.45) is 23.3 Å². The number of hydrogen-bond donors (Lipinski definition) is 7. The summed E-state index contributed by atoms with van der Waals surface area (Å²) in [5.41, 5.74) is 11.1. The van der Waals surface area contributed by atoms with Crippen LogP contribution in [0.2, 0.25) is 0 Å². The van der Waals surface area contributed by atoms with E-state index in [1.54, 1.807) is 20.8 Å². The molecule has 9 N–H and O–H groups in total. The highest BCUT2D eigenvalue weighted by molar-refractivity contribution is 5.94. The van der Waals surface area contributed by atoms with Gasteiger partial charge in [-0.1, -0.05) is 40.5 Å². The van der Waals surface area contributed by atoms with Gasteiger partial charge in [0, 0.05) is 6.42 Å². The molecule has 6 atom stereocenters. The van der Waals surface area contributed by atoms with Gasteiger partial charge in [0.05, 0.1) is 12.6 Å². The average molecular weight is 460 g/mol. The standard InChI is InChI=1S/C20H37N5O7/c1-5-10(3)15(22)18(29)23-12(7-8-14(21)27)17(28)25-16(11(4)6-2)19(30)24-13(9-26)20(31)32/h10-13,15-16,26H,5-9,22H2,1-4H3,(H2,21,27)(H,23,29)(H,24,30)(H,25,28)(H,31,32). The van der Waals surface area contributed by atoms with E-state index in [0.717, 1.165) is 0 Å². The predicted molar refractivity (Wildman–Crippen MR) is 116 cm³/mol. The van der Waals surface area contributed by atoms with Crippen molar-refractivity contribution >= 4 is 29.6 Å². The number of hydrogen-bond acceptors (Lipinski definition) is 7. The Hall–Kier alpha value is -2.73. The lowest BCUT2D eigenvalue weighted by Gasteiger charge is -2.28. The van der Waals surface area contributed by atoms with Crippen molar-refractivity contribution in [2.45, 2.75) is 77.5 Å². The first-order valence-electron chi connectivity index (χ1n) is 10.7. The summed E-state index contributed by atoms with van der Waals surface area (Å²) in [6.07, 6.45) is 0.803. The minimum absolute atomic E-state index is 0.108. The van der Waals surface area contributed by atoms with Gasteiger partial charge in [-0.15, -0.1) is 0 Å². The summed E-state index contributed by atoms with van der Waals surface area (Å²) in [6, 6.07) is -4.74. The Morgan fingerprint density at radius 1 is 0.844 bits per heavy atom. The summed E-state index contributed by atoms with van der Waals surface area (Å²) in [6.45, 7) is 6.27. The third-order valence-corrected chi connectivity index (χ3v) is 5.46. The monoisotopic (exact) mass is 459 g/mol. The van der Waals surface area contributed by atoms with E-state index in [9.17, 15) is 24.0 Å². The van der Waals surface area contributed by atoms with Crippen LogP contribution in [-0.2, 0) is 24.0 Å². The highest BCUT2D eigenvalue weighted by Gasteiger charge is 2.33. The van der Waals surface area contributed by atoms with Crippen LogP contribution in [-0.4, -0.2) is 70.6 Å². The molecule has 184 valence electrons. The maximum Gasteiger partial charge on any atom is 0.328 e. The molecule has 0 aliphatic rings. The zero-order chi connectivity index (χ0) is 25.0. The Morgan fingerprint density at radius 2 is 1.38 bits per heavy atom. The van der Waals surface area contributed by atoms with E-state index in [4.69, 9.17) is 21.7 Å². The van der Waals surface area contributed by atoms with Crippen LogP contribution in [0.5, 0.6) is 0 Å². The first-order valence-corrected chi connectivity index (χ1v) is 10.7. The summed E-state index contributed by atoms with van der Waals surface area (Å²) in [7, 11) is 0. The van der Waals surface area contributed by atoms with Gasteiger partial charge in [-0.25, -0.2) is 4.79 Å². The van der Waals surface area contributed by atoms with E-state index in [1.807, 2.05) is 6.92 Å². The summed E-state index contributed by atoms with van der Waals surface area (Å²) in [4.78, 5) is 60.3. The molecule has 0 heterocycles. The second-order valence-corrected chi connectivity index (χ2v) is 7.93. The molecule has 0 saturated heterocycles. The van der Waals surface area contributed by atoms with Crippen LogP contribution in [0, 0.1) is 11.8 Å². The van der Waals surface area contributed by atoms with Gasteiger partial charge in [-0.2, -0.15) is 0 Å². The average Bonchev–Trinajstić information content (AvgIpc) is 2.75. The van der Waals surface area contributed by atoms with Crippen LogP contribution in [0.15, 0.2) is 0 Å². The number of aliphatic hydroxyl groups is 1. The van der Waals surface area contributed by atoms with Crippen LogP contribution in [0.1, 0.15) is 53.4 Å². The van der Waals surface area contributed by atoms with Crippen LogP contribution >= 0.6 is 0 Å². The Kier molecular flexibility index (Phi) is 13.1. The highest BCUT2D eigenvalue weighted by atomic mass is 16.4. The van der Waals surface area contributed by atoms with E-state index in [-0.39, 0.29) is 18.8 Å². The lowest BCUT2D eigenvalue weighted by atomic mass is 9.96. The molecule has 12 heteroatoms. The van der Waals surface area contributed by atoms with Gasteiger partial charge in [0.15, 0.2) is 0 Å². The molecule has 0 rings (SSSR count). The molecular formula is C20H37N5O7. The third kappa shape index (κ3) is 9.60. The van der Waals surface area contributed by atoms with E-state index in [1.165, 1.54) is 0 Å². The third-order valence-electron chi connectivity index (χ3n) is 5.46. The van der Waals surface area contributed by atoms with Gasteiger partial charge in [-0.05, 0) is 18.3 Å². The minimum Gasteiger partial charge on any atom is -0.480 e. The number of carboxylic acids is 1. The predicted octanol–water partition coefficient (Wildman–Crippen LogP) is -1.80. The molecule has 6 unspecified atom stereocenters. The number of nitrogens with one attached hydrogen (secondary N) is 3. The normalized spacial score (nSPS) is 16.6. The van der Waals surface area contributed by atoms with Gasteiger partial charge in [-0.3, -0.25) is 19.2 Å². The van der Waals surface area contributed by atoms with Crippen molar-refractivity contribution in [3.8, 4) is 0 Å². The Labute approximate surface area is 187 Å². The molecule has 0 aliphatic carbocycles. The summed E-state index contributed by atoms with van der Waals surface area (Å²) < 4.78 is 0. The molecule has 0 bridgehead atoms. The van der Waals surface area contributed by atoms with Gasteiger partial charge in [0.2, 0.25) is 23.6 Å². The largest absolute Gasteiger partial charge is 0.480 e. The number of primary amides is 1. The number of carbonyl (C=O) groups excluding carboxylic acids is 4. The number of aliphatic carboxylic acids is 1. The molecule has 0 aromatic rings. The smallest absolute Gasteiger partial charge is 0.328 e. The topological polar surface area (TPSA) is 214 Å². The molecule has 4 amide bonds. The van der Waals surface area contributed by atoms with Gasteiger partial charge in [0.25, 0.3) is 0 Å². The van der Waals surface area contributed by atoms with Crippen LogP contribution in [0.3, 0.4) is 0 Å². The number of rotatable bonds is 15. The molecular weight excluding hydrogens is 422 g/mol. The minimum atomic E-state index is -1.54. The van der Waals surface area contributed by atoms with Crippen molar-refractivity contribution in [1.82, 2.24) is 16.0 Å². The van der Waals surface area contributed by atoms with Crippen LogP contribution in [0.25, 0.3) is 0 Å². The highest BCUT2D eigenvalue weighted by Crippen LogP contribution is 2.11. The maximum atomic E-state index is 12.9. The molecule has 0 aromatic heterocycles. The van der Waals surface area contributed by atoms with Crippen molar-refractivity contribution in [2.75, 3.05) is 6.61 Å². The Bertz CT molecular complexity index is 673. The second-order valence-electron chi connectivity index (χ2n) is 7.93. The van der Waals surface area contributed by atoms with Gasteiger partial charge in [0.1, 0.15) is 18.1 Å². The molecule has 0 radical (unpaired) electrons. The maximum absolute atomic E-state index is 12.9. The summed E-state index contributed by atoms with van der Waals surface area (Å²) in [5.74, 6) is -4.79. The summed E-state index contributed by atoms with van der Waals surface area (Å²) >= 11 is 0. The van der Waals surface area contributed by atoms with Crippen molar-refractivity contribution < 1.29 is 34.2 Å². The molecule has 0 aliphatic heterocycles. The lowest BCUT2D eigenvalue weighted by Crippen LogP contribution is -2.59. The number of carboxylic acid groups (broad SMARTS) is 1. The second kappa shape index (κ2) is 14.4. The molecule has 32 heavy (non-hydrogen) atoms. The van der Waals surface area contributed by atoms with E-state index in [2.05, 4.69) is 16.0 Å². The number of amides is 4. The molecule has 0 aromatic carbocycles. The van der Waals surface area contributed by atoms with E-state index in [0.29, 0.717) is 12.8 Å². The first-order chi connectivity index (χ1) is 14.9. The zero-order valence-corrected chi connectivity index (χ0v) is 19.1. The van der Waals surface area contributed by atoms with E-state index >= 15 is 0 Å². The van der Waals surface area contributed by atoms with E-state index < -0.39 is 66.3 Å². The molecule has 12 nitrogen and oxygen atoms in total. The number of nitrogens with two attached hydrogens (primary N) is 2. The van der Waals surface area contributed by atoms with Crippen LogP contribution in [0.4, 0.5) is 0 Å². The number of carbonyl (C=O) groups is 5. The SMILES string of the molecule is CCC(C)C(N)C(=O)NC(CCC(N)=O)C(=O)NC(C(=O)NC(CO)C(=O)O)C(C)CC. The Balaban J connectivity index is 5.57. The lowest BCUT2D eigenvalue weighted by molar-refractivity contribution is -0.143. The fourth-order valence-electron chi connectivity index (χ4n) is 2.74. The van der Waals surface area contributed by atoms with Gasteiger partial charge >= 0.3 is 5.97 Å². The molecule has 0 fully saturated rings. The summed E-state index contributed by atoms with van der Waals surface area (Å²) in [5, 5.41) is 25.4. The van der Waals surface area contributed by atoms with Gasteiger partial charge < -0.3 is 37.6 Å². The zero-order valence-electron chi connectivity index (χ0n) is 19.1. The van der Waals surface area contributed by atoms with Crippen molar-refractivity contribution in [3.63, 3.8) is 0 Å². The van der Waals surface area contributed by atoms with Crippen molar-refractivity contribution in [3.05, 3.63) is 0 Å². The quantitative estimate of drug-likeness (QED) is 0.148. The van der Waals surface area contributed by atoms with Crippen molar-refractivity contribution in [1.29, 1.82) is 0 Å². The number of aliphatic hydroxyl groups excluding tert-OH is 1. The fraction of sp³-hybridized carbons (Fsp3) is 0.750. The fourth-order valence-corrected chi connectivity index (χ4v) is 2.74. The molecule has 0 spiro atoms. The van der Waals surface area contributed by atoms with Crippen LogP contribution < -0.4 is 27.4 Å².